The summed E-state index contributed by atoms with van der Waals surface area (Å²) in [6.07, 6.45) is 13.2. The molecule has 0 spiro atoms. The second kappa shape index (κ2) is 5.31. The van der Waals surface area contributed by atoms with Gasteiger partial charge in [-0.1, -0.05) is 37.2 Å². The standard InChI is InChI=1S/C21H29NO2/c1-13(22-24)16-9-10-17-15-8-7-14-6-4-5-11-20(14,2)19(15)18(23)12-21(16,17)3/h4-5,9,14-15,17,19,24H,6-8,10-12H2,1-3H3/t14?,15-,17-,19+,20-,21+/m0/s1. The summed E-state index contributed by atoms with van der Waals surface area (Å²) < 4.78 is 0. The average molecular weight is 327 g/mol. The van der Waals surface area contributed by atoms with Crippen molar-refractivity contribution < 1.29 is 10.0 Å². The van der Waals surface area contributed by atoms with Crippen LogP contribution < -0.4 is 0 Å². The molecule has 4 aliphatic rings. The number of hydrogen-bond acceptors (Lipinski definition) is 3. The minimum absolute atomic E-state index is 0.137. The summed E-state index contributed by atoms with van der Waals surface area (Å²) in [4.78, 5) is 13.3. The van der Waals surface area contributed by atoms with Crippen LogP contribution in [0, 0.1) is 34.5 Å². The van der Waals surface area contributed by atoms with Crippen LogP contribution in [0.5, 0.6) is 0 Å². The smallest absolute Gasteiger partial charge is 0.137 e. The lowest BCUT2D eigenvalue weighted by Crippen LogP contribution is -2.56. The van der Waals surface area contributed by atoms with Crippen LogP contribution in [-0.2, 0) is 4.79 Å². The highest BCUT2D eigenvalue weighted by atomic mass is 16.4. The summed E-state index contributed by atoms with van der Waals surface area (Å²) in [5, 5.41) is 12.7. The first-order valence-corrected chi connectivity index (χ1v) is 9.49. The Balaban J connectivity index is 1.72. The largest absolute Gasteiger partial charge is 0.411 e. The van der Waals surface area contributed by atoms with Gasteiger partial charge in [-0.2, -0.15) is 0 Å². The van der Waals surface area contributed by atoms with Crippen LogP contribution in [-0.4, -0.2) is 16.7 Å². The molecule has 3 heteroatoms. The van der Waals surface area contributed by atoms with Gasteiger partial charge in [0, 0.05) is 17.8 Å². The first-order valence-electron chi connectivity index (χ1n) is 9.49. The third-order valence-electron chi connectivity index (χ3n) is 8.02. The summed E-state index contributed by atoms with van der Waals surface area (Å²) in [5.74, 6) is 2.37. The van der Waals surface area contributed by atoms with Gasteiger partial charge < -0.3 is 5.21 Å². The molecule has 0 aromatic heterocycles. The number of hydrogen-bond donors (Lipinski definition) is 1. The van der Waals surface area contributed by atoms with Crippen LogP contribution in [0.25, 0.3) is 0 Å². The van der Waals surface area contributed by atoms with Gasteiger partial charge in [-0.25, -0.2) is 0 Å². The number of rotatable bonds is 1. The Labute approximate surface area is 144 Å². The highest BCUT2D eigenvalue weighted by Gasteiger charge is 2.61. The molecular weight excluding hydrogens is 298 g/mol. The maximum Gasteiger partial charge on any atom is 0.137 e. The summed E-state index contributed by atoms with van der Waals surface area (Å²) >= 11 is 0. The van der Waals surface area contributed by atoms with Crippen molar-refractivity contribution in [3.8, 4) is 0 Å². The van der Waals surface area contributed by atoms with Gasteiger partial charge in [-0.3, -0.25) is 4.79 Å². The normalized spacial score (nSPS) is 47.7. The molecule has 4 aliphatic carbocycles. The molecule has 1 unspecified atom stereocenters. The van der Waals surface area contributed by atoms with Crippen LogP contribution in [0.1, 0.15) is 59.3 Å². The van der Waals surface area contributed by atoms with E-state index in [9.17, 15) is 10.0 Å². The minimum atomic E-state index is -0.137. The summed E-state index contributed by atoms with van der Waals surface area (Å²) in [6.45, 7) is 6.47. The fourth-order valence-corrected chi connectivity index (χ4v) is 6.85. The highest BCUT2D eigenvalue weighted by Crippen LogP contribution is 2.64. The van der Waals surface area contributed by atoms with Crippen molar-refractivity contribution >= 4 is 11.5 Å². The SMILES string of the molecule is CC(=NO)C1=CC[C@H]2[C@@H]3CCC4CC=CC[C@]4(C)[C@H]3C(=O)C[C@]12C. The first-order chi connectivity index (χ1) is 11.4. The van der Waals surface area contributed by atoms with Crippen LogP contribution in [0.3, 0.4) is 0 Å². The van der Waals surface area contributed by atoms with Crippen molar-refractivity contribution in [2.24, 2.45) is 39.7 Å². The van der Waals surface area contributed by atoms with Crippen LogP contribution in [0.15, 0.2) is 29.0 Å². The first kappa shape index (κ1) is 16.1. The molecule has 0 aromatic carbocycles. The van der Waals surface area contributed by atoms with E-state index in [1.54, 1.807) is 0 Å². The van der Waals surface area contributed by atoms with E-state index in [-0.39, 0.29) is 16.7 Å². The average Bonchev–Trinajstić information content (AvgIpc) is 2.89. The molecule has 24 heavy (non-hydrogen) atoms. The highest BCUT2D eigenvalue weighted by molar-refractivity contribution is 6.01. The molecule has 0 radical (unpaired) electrons. The Morgan fingerprint density at radius 1 is 1.25 bits per heavy atom. The van der Waals surface area contributed by atoms with E-state index in [0.29, 0.717) is 35.7 Å². The van der Waals surface area contributed by atoms with E-state index in [2.05, 4.69) is 37.2 Å². The van der Waals surface area contributed by atoms with Crippen LogP contribution >= 0.6 is 0 Å². The number of oxime groups is 1. The topological polar surface area (TPSA) is 49.7 Å². The number of fused-ring (bicyclic) bond motifs is 5. The molecule has 0 heterocycles. The maximum atomic E-state index is 13.3. The second-order valence-corrected chi connectivity index (χ2v) is 9.04. The molecule has 2 saturated carbocycles. The lowest BCUT2D eigenvalue weighted by Gasteiger charge is -2.58. The van der Waals surface area contributed by atoms with Gasteiger partial charge in [0.1, 0.15) is 5.78 Å². The van der Waals surface area contributed by atoms with Gasteiger partial charge in [0.15, 0.2) is 0 Å². The molecule has 0 bridgehead atoms. The predicted molar refractivity (Wildman–Crippen MR) is 95.0 cm³/mol. The summed E-state index contributed by atoms with van der Waals surface area (Å²) in [5.41, 5.74) is 1.81. The van der Waals surface area contributed by atoms with Gasteiger partial charge in [-0.15, -0.1) is 0 Å². The summed E-state index contributed by atoms with van der Waals surface area (Å²) in [7, 11) is 0. The van der Waals surface area contributed by atoms with E-state index < -0.39 is 0 Å². The minimum Gasteiger partial charge on any atom is -0.411 e. The lowest BCUT2D eigenvalue weighted by molar-refractivity contribution is -0.150. The molecule has 1 N–H and O–H groups in total. The Morgan fingerprint density at radius 2 is 2.04 bits per heavy atom. The third-order valence-corrected chi connectivity index (χ3v) is 8.02. The van der Waals surface area contributed by atoms with Gasteiger partial charge >= 0.3 is 0 Å². The van der Waals surface area contributed by atoms with Gasteiger partial charge in [0.05, 0.1) is 5.71 Å². The van der Waals surface area contributed by atoms with Gasteiger partial charge in [-0.05, 0) is 67.8 Å². The number of carbonyl (C=O) groups excluding carboxylic acids is 1. The van der Waals surface area contributed by atoms with Crippen LogP contribution in [0.2, 0.25) is 0 Å². The fraction of sp³-hybridized carbons (Fsp3) is 0.714. The molecule has 130 valence electrons. The molecule has 0 saturated heterocycles. The Kier molecular flexibility index (Phi) is 3.56. The van der Waals surface area contributed by atoms with Crippen molar-refractivity contribution in [1.29, 1.82) is 0 Å². The number of nitrogens with zero attached hydrogens (tertiary/aromatic N) is 1. The van der Waals surface area contributed by atoms with Gasteiger partial charge in [0.2, 0.25) is 0 Å². The van der Waals surface area contributed by atoms with Crippen LogP contribution in [0.4, 0.5) is 0 Å². The fourth-order valence-electron chi connectivity index (χ4n) is 6.85. The molecule has 4 rings (SSSR count). The predicted octanol–water partition coefficient (Wildman–Crippen LogP) is 4.76. The molecular formula is C21H29NO2. The van der Waals surface area contributed by atoms with E-state index in [1.165, 1.54) is 12.8 Å². The molecule has 0 aromatic rings. The quantitative estimate of drug-likeness (QED) is 0.327. The zero-order valence-corrected chi connectivity index (χ0v) is 15.1. The zero-order valence-electron chi connectivity index (χ0n) is 15.1. The van der Waals surface area contributed by atoms with E-state index in [0.717, 1.165) is 24.8 Å². The molecule has 3 nitrogen and oxygen atoms in total. The molecule has 0 amide bonds. The van der Waals surface area contributed by atoms with Crippen molar-refractivity contribution in [2.45, 2.75) is 59.3 Å². The Hall–Kier alpha value is -1.38. The Bertz CT molecular complexity index is 661. The zero-order chi connectivity index (χ0) is 17.1. The monoisotopic (exact) mass is 327 g/mol. The number of allylic oxidation sites excluding steroid dienone is 4. The Morgan fingerprint density at radius 3 is 2.79 bits per heavy atom. The van der Waals surface area contributed by atoms with E-state index >= 15 is 0 Å². The van der Waals surface area contributed by atoms with Crippen molar-refractivity contribution in [3.05, 3.63) is 23.8 Å². The molecule has 0 aliphatic heterocycles. The van der Waals surface area contributed by atoms with Crippen molar-refractivity contribution in [1.82, 2.24) is 0 Å². The second-order valence-electron chi connectivity index (χ2n) is 9.04. The molecule has 6 atom stereocenters. The number of ketones is 1. The summed E-state index contributed by atoms with van der Waals surface area (Å²) in [6, 6.07) is 0. The van der Waals surface area contributed by atoms with Gasteiger partial charge in [0.25, 0.3) is 0 Å². The lowest BCUT2D eigenvalue weighted by atomic mass is 9.45. The van der Waals surface area contributed by atoms with E-state index in [4.69, 9.17) is 0 Å². The third kappa shape index (κ3) is 1.96. The number of Topliss-reactive ketones (excluding diaryl/α,β-unsaturated/α-hetero) is 1. The molecule has 2 fully saturated rings. The van der Waals surface area contributed by atoms with Crippen molar-refractivity contribution in [2.75, 3.05) is 0 Å². The maximum absolute atomic E-state index is 13.3. The van der Waals surface area contributed by atoms with E-state index in [1.807, 2.05) is 6.92 Å². The van der Waals surface area contributed by atoms with Crippen molar-refractivity contribution in [3.63, 3.8) is 0 Å². The number of carbonyl (C=O) groups is 1.